The largest absolute Gasteiger partial charge is 0.444 e. The molecule has 0 spiro atoms. The van der Waals surface area contributed by atoms with E-state index in [9.17, 15) is 4.79 Å². The molecule has 0 aromatic carbocycles. The standard InChI is InChI=1S/C19H34N6O2/c1-15-20-21-22-25(15)14-17(16-8-6-5-7-9-16)23-10-12-24(13-11-23)18(26)27-19(2,3)4/h16-17H,5-14H2,1-4H3. The molecule has 1 unspecified atom stereocenters. The van der Waals surface area contributed by atoms with E-state index in [-0.39, 0.29) is 6.09 Å². The predicted octanol–water partition coefficient (Wildman–Crippen LogP) is 2.48. The van der Waals surface area contributed by atoms with Crippen LogP contribution in [-0.4, -0.2) is 73.9 Å². The average molecular weight is 379 g/mol. The molecule has 8 nitrogen and oxygen atoms in total. The molecule has 1 amide bonds. The number of hydrogen-bond donors (Lipinski definition) is 0. The molecule has 27 heavy (non-hydrogen) atoms. The lowest BCUT2D eigenvalue weighted by Gasteiger charge is -2.43. The van der Waals surface area contributed by atoms with E-state index in [4.69, 9.17) is 4.74 Å². The first kappa shape index (κ1) is 20.0. The number of nitrogens with zero attached hydrogens (tertiary/aromatic N) is 6. The third-order valence-corrected chi connectivity index (χ3v) is 5.70. The van der Waals surface area contributed by atoms with E-state index in [0.717, 1.165) is 25.5 Å². The molecule has 1 saturated heterocycles. The highest BCUT2D eigenvalue weighted by Crippen LogP contribution is 2.30. The summed E-state index contributed by atoms with van der Waals surface area (Å²) < 4.78 is 7.46. The van der Waals surface area contributed by atoms with Crippen molar-refractivity contribution in [3.05, 3.63) is 5.82 Å². The van der Waals surface area contributed by atoms with Gasteiger partial charge in [-0.25, -0.2) is 9.48 Å². The van der Waals surface area contributed by atoms with Crippen LogP contribution in [0.1, 0.15) is 58.7 Å². The minimum atomic E-state index is -0.448. The summed E-state index contributed by atoms with van der Waals surface area (Å²) >= 11 is 0. The molecule has 2 fully saturated rings. The third-order valence-electron chi connectivity index (χ3n) is 5.70. The van der Waals surface area contributed by atoms with Gasteiger partial charge in [-0.3, -0.25) is 4.90 Å². The molecule has 1 atom stereocenters. The lowest BCUT2D eigenvalue weighted by Crippen LogP contribution is -2.55. The number of hydrogen-bond acceptors (Lipinski definition) is 6. The second kappa shape index (κ2) is 8.54. The van der Waals surface area contributed by atoms with Crippen LogP contribution in [0.25, 0.3) is 0 Å². The number of aryl methyl sites for hydroxylation is 1. The summed E-state index contributed by atoms with van der Waals surface area (Å²) in [5, 5.41) is 12.0. The van der Waals surface area contributed by atoms with Gasteiger partial charge in [-0.15, -0.1) is 5.10 Å². The first-order chi connectivity index (χ1) is 12.8. The van der Waals surface area contributed by atoms with Crippen LogP contribution in [0.5, 0.6) is 0 Å². The number of rotatable bonds is 4. The smallest absolute Gasteiger partial charge is 0.410 e. The zero-order valence-corrected chi connectivity index (χ0v) is 17.2. The van der Waals surface area contributed by atoms with Gasteiger partial charge in [0, 0.05) is 32.2 Å². The Morgan fingerprint density at radius 1 is 1.15 bits per heavy atom. The Bertz CT molecular complexity index is 612. The van der Waals surface area contributed by atoms with E-state index in [1.54, 1.807) is 0 Å². The Morgan fingerprint density at radius 2 is 1.81 bits per heavy atom. The molecule has 1 aliphatic carbocycles. The van der Waals surface area contributed by atoms with Gasteiger partial charge in [0.2, 0.25) is 0 Å². The van der Waals surface area contributed by atoms with E-state index in [0.29, 0.717) is 25.0 Å². The van der Waals surface area contributed by atoms with Crippen LogP contribution in [0.3, 0.4) is 0 Å². The molecular formula is C19H34N6O2. The van der Waals surface area contributed by atoms with Gasteiger partial charge in [-0.05, 0) is 56.9 Å². The highest BCUT2D eigenvalue weighted by Gasteiger charge is 2.33. The van der Waals surface area contributed by atoms with Crippen molar-refractivity contribution in [2.24, 2.45) is 5.92 Å². The first-order valence-corrected chi connectivity index (χ1v) is 10.3. The van der Waals surface area contributed by atoms with Crippen molar-refractivity contribution in [3.8, 4) is 0 Å². The maximum atomic E-state index is 12.3. The van der Waals surface area contributed by atoms with Gasteiger partial charge in [-0.1, -0.05) is 19.3 Å². The molecule has 1 aromatic rings. The molecule has 0 N–H and O–H groups in total. The normalized spacial score (nSPS) is 21.3. The Morgan fingerprint density at radius 3 is 2.37 bits per heavy atom. The van der Waals surface area contributed by atoms with Gasteiger partial charge in [0.05, 0.1) is 6.54 Å². The highest BCUT2D eigenvalue weighted by atomic mass is 16.6. The summed E-state index contributed by atoms with van der Waals surface area (Å²) in [6, 6.07) is 0.424. The van der Waals surface area contributed by atoms with Crippen LogP contribution in [0.2, 0.25) is 0 Å². The molecule has 8 heteroatoms. The van der Waals surface area contributed by atoms with Crippen LogP contribution < -0.4 is 0 Å². The number of ether oxygens (including phenoxy) is 1. The second-order valence-corrected chi connectivity index (χ2v) is 8.88. The van der Waals surface area contributed by atoms with Crippen molar-refractivity contribution in [1.29, 1.82) is 0 Å². The van der Waals surface area contributed by atoms with Gasteiger partial charge in [0.25, 0.3) is 0 Å². The van der Waals surface area contributed by atoms with Gasteiger partial charge in [-0.2, -0.15) is 0 Å². The Balaban J connectivity index is 1.63. The maximum Gasteiger partial charge on any atom is 0.410 e. The lowest BCUT2D eigenvalue weighted by molar-refractivity contribution is 0.00242. The zero-order valence-electron chi connectivity index (χ0n) is 17.2. The minimum Gasteiger partial charge on any atom is -0.444 e. The van der Waals surface area contributed by atoms with Crippen molar-refractivity contribution < 1.29 is 9.53 Å². The highest BCUT2D eigenvalue weighted by molar-refractivity contribution is 5.68. The molecular weight excluding hydrogens is 344 g/mol. The number of carbonyl (C=O) groups is 1. The fourth-order valence-corrected chi connectivity index (χ4v) is 4.24. The van der Waals surface area contributed by atoms with Crippen LogP contribution in [0, 0.1) is 12.8 Å². The van der Waals surface area contributed by atoms with E-state index in [1.807, 2.05) is 37.3 Å². The Labute approximate surface area is 162 Å². The van der Waals surface area contributed by atoms with E-state index < -0.39 is 5.60 Å². The SMILES string of the molecule is Cc1nnnn1CC(C1CCCCC1)N1CCN(C(=O)OC(C)(C)C)CC1. The van der Waals surface area contributed by atoms with Crippen molar-refractivity contribution in [1.82, 2.24) is 30.0 Å². The molecule has 1 aromatic heterocycles. The van der Waals surface area contributed by atoms with Gasteiger partial charge in [0.15, 0.2) is 0 Å². The van der Waals surface area contributed by atoms with Crippen molar-refractivity contribution in [2.45, 2.75) is 78.0 Å². The van der Waals surface area contributed by atoms with Crippen molar-refractivity contribution in [2.75, 3.05) is 26.2 Å². The van der Waals surface area contributed by atoms with Gasteiger partial charge in [0.1, 0.15) is 11.4 Å². The fourth-order valence-electron chi connectivity index (χ4n) is 4.24. The van der Waals surface area contributed by atoms with Crippen LogP contribution in [0.15, 0.2) is 0 Å². The number of tetrazole rings is 1. The van der Waals surface area contributed by atoms with Crippen LogP contribution >= 0.6 is 0 Å². The number of piperazine rings is 1. The Kier molecular flexibility index (Phi) is 6.34. The van der Waals surface area contributed by atoms with Gasteiger partial charge >= 0.3 is 6.09 Å². The van der Waals surface area contributed by atoms with Gasteiger partial charge < -0.3 is 9.64 Å². The molecule has 3 rings (SSSR count). The molecule has 1 saturated carbocycles. The summed E-state index contributed by atoms with van der Waals surface area (Å²) in [6.45, 7) is 11.7. The quantitative estimate of drug-likeness (QED) is 0.801. The maximum absolute atomic E-state index is 12.3. The zero-order chi connectivity index (χ0) is 19.4. The lowest BCUT2D eigenvalue weighted by atomic mass is 9.83. The first-order valence-electron chi connectivity index (χ1n) is 10.3. The predicted molar refractivity (Wildman–Crippen MR) is 102 cm³/mol. The molecule has 0 bridgehead atoms. The molecule has 2 heterocycles. The fraction of sp³-hybridized carbons (Fsp3) is 0.895. The topological polar surface area (TPSA) is 76.4 Å². The van der Waals surface area contributed by atoms with Crippen LogP contribution in [0.4, 0.5) is 4.79 Å². The third kappa shape index (κ3) is 5.40. The summed E-state index contributed by atoms with van der Waals surface area (Å²) in [6.07, 6.45) is 6.32. The molecule has 152 valence electrons. The minimum absolute atomic E-state index is 0.201. The average Bonchev–Trinajstić information content (AvgIpc) is 3.04. The van der Waals surface area contributed by atoms with E-state index in [2.05, 4.69) is 20.4 Å². The molecule has 2 aliphatic rings. The summed E-state index contributed by atoms with van der Waals surface area (Å²) in [5.74, 6) is 1.54. The summed E-state index contributed by atoms with van der Waals surface area (Å²) in [5.41, 5.74) is -0.448. The second-order valence-electron chi connectivity index (χ2n) is 8.88. The monoisotopic (exact) mass is 378 g/mol. The van der Waals surface area contributed by atoms with Crippen molar-refractivity contribution >= 4 is 6.09 Å². The number of amides is 1. The number of aromatic nitrogens is 4. The van der Waals surface area contributed by atoms with Crippen LogP contribution in [-0.2, 0) is 11.3 Å². The van der Waals surface area contributed by atoms with E-state index >= 15 is 0 Å². The number of carbonyl (C=O) groups excluding carboxylic acids is 1. The summed E-state index contributed by atoms with van der Waals surface area (Å²) in [4.78, 5) is 16.7. The molecule has 1 aliphatic heterocycles. The summed E-state index contributed by atoms with van der Waals surface area (Å²) in [7, 11) is 0. The van der Waals surface area contributed by atoms with E-state index in [1.165, 1.54) is 32.1 Å². The molecule has 0 radical (unpaired) electrons. The Hall–Kier alpha value is -1.70. The van der Waals surface area contributed by atoms with Crippen molar-refractivity contribution in [3.63, 3.8) is 0 Å².